The molecule has 0 unspecified atom stereocenters. The molecule has 138 valence electrons. The molecule has 0 bridgehead atoms. The van der Waals surface area contributed by atoms with Gasteiger partial charge >= 0.3 is 5.97 Å². The predicted molar refractivity (Wildman–Crippen MR) is 88.0 cm³/mol. The van der Waals surface area contributed by atoms with Crippen molar-refractivity contribution >= 4 is 11.9 Å². The van der Waals surface area contributed by atoms with Crippen molar-refractivity contribution in [1.82, 2.24) is 14.7 Å². The van der Waals surface area contributed by atoms with E-state index in [0.717, 1.165) is 23.4 Å². The molecule has 0 atom stereocenters. The lowest BCUT2D eigenvalue weighted by Crippen LogP contribution is -2.37. The molecule has 0 saturated carbocycles. The summed E-state index contributed by atoms with van der Waals surface area (Å²) in [4.78, 5) is 25.7. The number of benzene rings is 1. The van der Waals surface area contributed by atoms with Crippen LogP contribution in [0, 0.1) is 11.6 Å². The van der Waals surface area contributed by atoms with Crippen LogP contribution in [0.5, 0.6) is 0 Å². The monoisotopic (exact) mass is 363 g/mol. The number of esters is 1. The highest BCUT2D eigenvalue weighted by Gasteiger charge is 2.25. The summed E-state index contributed by atoms with van der Waals surface area (Å²) in [6.07, 6.45) is 2.22. The summed E-state index contributed by atoms with van der Waals surface area (Å²) in [6.45, 7) is 2.96. The van der Waals surface area contributed by atoms with Gasteiger partial charge in [0.25, 0.3) is 0 Å². The Bertz CT molecular complexity index is 835. The van der Waals surface area contributed by atoms with Crippen LogP contribution >= 0.6 is 0 Å². The molecule has 3 rings (SSSR count). The highest BCUT2D eigenvalue weighted by molar-refractivity contribution is 5.79. The summed E-state index contributed by atoms with van der Waals surface area (Å²) in [7, 11) is 0. The molecule has 0 saturated heterocycles. The molecule has 0 aliphatic carbocycles. The van der Waals surface area contributed by atoms with E-state index in [1.54, 1.807) is 22.7 Å². The van der Waals surface area contributed by atoms with Crippen LogP contribution in [0.2, 0.25) is 0 Å². The standard InChI is InChI=1S/C18H19F2N3O3/c1-2-26-18(25)11-23-16-5-6-22(10-13(16)9-21-23)17(24)8-12-3-4-14(19)15(20)7-12/h3-4,7,9H,2,5-6,8,10-11H2,1H3. The van der Waals surface area contributed by atoms with E-state index in [4.69, 9.17) is 4.74 Å². The van der Waals surface area contributed by atoms with Crippen LogP contribution in [0.25, 0.3) is 0 Å². The number of hydrogen-bond donors (Lipinski definition) is 0. The molecule has 2 aromatic rings. The summed E-state index contributed by atoms with van der Waals surface area (Å²) in [5.41, 5.74) is 2.21. The number of fused-ring (bicyclic) bond motifs is 1. The van der Waals surface area contributed by atoms with E-state index in [9.17, 15) is 18.4 Å². The fraction of sp³-hybridized carbons (Fsp3) is 0.389. The van der Waals surface area contributed by atoms with E-state index >= 15 is 0 Å². The zero-order valence-corrected chi connectivity index (χ0v) is 14.4. The van der Waals surface area contributed by atoms with Gasteiger partial charge in [0.05, 0.1) is 19.2 Å². The third-order valence-corrected chi connectivity index (χ3v) is 4.29. The van der Waals surface area contributed by atoms with Crippen LogP contribution in [-0.2, 0) is 40.3 Å². The Morgan fingerprint density at radius 3 is 2.81 bits per heavy atom. The average Bonchev–Trinajstić information content (AvgIpc) is 3.00. The Labute approximate surface area is 149 Å². The number of aromatic nitrogens is 2. The summed E-state index contributed by atoms with van der Waals surface area (Å²) >= 11 is 0. The normalized spacial score (nSPS) is 13.4. The number of halogens is 2. The largest absolute Gasteiger partial charge is 0.465 e. The van der Waals surface area contributed by atoms with Crippen LogP contribution in [0.15, 0.2) is 24.4 Å². The van der Waals surface area contributed by atoms with Crippen LogP contribution in [-0.4, -0.2) is 39.7 Å². The van der Waals surface area contributed by atoms with Crippen molar-refractivity contribution in [1.29, 1.82) is 0 Å². The minimum atomic E-state index is -0.962. The summed E-state index contributed by atoms with van der Waals surface area (Å²) in [6, 6.07) is 3.47. The van der Waals surface area contributed by atoms with Crippen LogP contribution in [0.1, 0.15) is 23.7 Å². The first-order chi connectivity index (χ1) is 12.5. The average molecular weight is 363 g/mol. The molecule has 1 amide bonds. The van der Waals surface area contributed by atoms with Crippen LogP contribution in [0.3, 0.4) is 0 Å². The van der Waals surface area contributed by atoms with Gasteiger partial charge in [0.15, 0.2) is 11.6 Å². The van der Waals surface area contributed by atoms with E-state index in [1.165, 1.54) is 6.07 Å². The van der Waals surface area contributed by atoms with Gasteiger partial charge < -0.3 is 9.64 Å². The van der Waals surface area contributed by atoms with Crippen molar-refractivity contribution in [2.45, 2.75) is 32.9 Å². The third-order valence-electron chi connectivity index (χ3n) is 4.29. The van der Waals surface area contributed by atoms with E-state index in [-0.39, 0.29) is 24.8 Å². The molecular formula is C18H19F2N3O3. The minimum Gasteiger partial charge on any atom is -0.465 e. The molecule has 0 N–H and O–H groups in total. The minimum absolute atomic E-state index is 0.00347. The van der Waals surface area contributed by atoms with E-state index in [2.05, 4.69) is 5.10 Å². The van der Waals surface area contributed by atoms with Crippen LogP contribution < -0.4 is 0 Å². The van der Waals surface area contributed by atoms with Crippen molar-refractivity contribution in [3.8, 4) is 0 Å². The molecular weight excluding hydrogens is 344 g/mol. The zero-order chi connectivity index (χ0) is 18.7. The molecule has 1 aromatic heterocycles. The lowest BCUT2D eigenvalue weighted by atomic mass is 10.1. The number of rotatable bonds is 5. The molecule has 26 heavy (non-hydrogen) atoms. The number of hydrogen-bond acceptors (Lipinski definition) is 4. The van der Waals surface area contributed by atoms with Gasteiger partial charge in [-0.2, -0.15) is 5.10 Å². The molecule has 1 aromatic carbocycles. The third kappa shape index (κ3) is 3.89. The Balaban J connectivity index is 1.64. The lowest BCUT2D eigenvalue weighted by molar-refractivity contribution is -0.144. The molecule has 1 aliphatic rings. The fourth-order valence-corrected chi connectivity index (χ4v) is 3.01. The van der Waals surface area contributed by atoms with Crippen LogP contribution in [0.4, 0.5) is 8.78 Å². The first-order valence-electron chi connectivity index (χ1n) is 8.38. The van der Waals surface area contributed by atoms with Crippen molar-refractivity contribution in [2.24, 2.45) is 0 Å². The van der Waals surface area contributed by atoms with E-state index < -0.39 is 11.6 Å². The van der Waals surface area contributed by atoms with Gasteiger partial charge in [-0.05, 0) is 24.6 Å². The second kappa shape index (κ2) is 7.63. The van der Waals surface area contributed by atoms with E-state index in [1.807, 2.05) is 0 Å². The van der Waals surface area contributed by atoms with Gasteiger partial charge in [-0.3, -0.25) is 14.3 Å². The maximum absolute atomic E-state index is 13.3. The summed E-state index contributed by atoms with van der Waals surface area (Å²) in [5, 5.41) is 4.21. The topological polar surface area (TPSA) is 64.4 Å². The Hall–Kier alpha value is -2.77. The second-order valence-corrected chi connectivity index (χ2v) is 6.07. The highest BCUT2D eigenvalue weighted by Crippen LogP contribution is 2.20. The maximum atomic E-state index is 13.3. The number of amides is 1. The van der Waals surface area contributed by atoms with Crippen molar-refractivity contribution in [2.75, 3.05) is 13.2 Å². The molecule has 0 fully saturated rings. The zero-order valence-electron chi connectivity index (χ0n) is 14.4. The van der Waals surface area contributed by atoms with Crippen molar-refractivity contribution in [3.63, 3.8) is 0 Å². The van der Waals surface area contributed by atoms with Gasteiger partial charge in [0.1, 0.15) is 6.54 Å². The van der Waals surface area contributed by atoms with Gasteiger partial charge in [-0.25, -0.2) is 8.78 Å². The first kappa shape index (κ1) is 18.0. The predicted octanol–water partition coefficient (Wildman–Crippen LogP) is 1.85. The fourth-order valence-electron chi connectivity index (χ4n) is 3.01. The maximum Gasteiger partial charge on any atom is 0.327 e. The quantitative estimate of drug-likeness (QED) is 0.761. The molecule has 0 spiro atoms. The number of ether oxygens (including phenoxy) is 1. The Morgan fingerprint density at radius 2 is 2.08 bits per heavy atom. The molecule has 6 nitrogen and oxygen atoms in total. The van der Waals surface area contributed by atoms with Gasteiger partial charge in [-0.1, -0.05) is 6.07 Å². The number of nitrogens with zero attached hydrogens (tertiary/aromatic N) is 3. The molecule has 1 aliphatic heterocycles. The second-order valence-electron chi connectivity index (χ2n) is 6.07. The lowest BCUT2D eigenvalue weighted by Gasteiger charge is -2.27. The summed E-state index contributed by atoms with van der Waals surface area (Å²) in [5.74, 6) is -2.41. The van der Waals surface area contributed by atoms with E-state index in [0.29, 0.717) is 31.7 Å². The molecule has 2 heterocycles. The van der Waals surface area contributed by atoms with Gasteiger partial charge in [0, 0.05) is 30.8 Å². The Morgan fingerprint density at radius 1 is 1.27 bits per heavy atom. The Kier molecular flexibility index (Phi) is 5.29. The van der Waals surface area contributed by atoms with Gasteiger partial charge in [-0.15, -0.1) is 0 Å². The van der Waals surface area contributed by atoms with Crippen molar-refractivity contribution < 1.29 is 23.1 Å². The SMILES string of the molecule is CCOC(=O)Cn1ncc2c1CCN(C(=O)Cc1ccc(F)c(F)c1)C2. The summed E-state index contributed by atoms with van der Waals surface area (Å²) < 4.78 is 32.8. The molecule has 8 heteroatoms. The number of carbonyl (C=O) groups is 2. The number of carbonyl (C=O) groups excluding carboxylic acids is 2. The highest BCUT2D eigenvalue weighted by atomic mass is 19.2. The van der Waals surface area contributed by atoms with Crippen molar-refractivity contribution in [3.05, 3.63) is 52.9 Å². The van der Waals surface area contributed by atoms with Gasteiger partial charge in [0.2, 0.25) is 5.91 Å². The first-order valence-corrected chi connectivity index (χ1v) is 8.38. The smallest absolute Gasteiger partial charge is 0.327 e. The molecule has 0 radical (unpaired) electrons.